The Bertz CT molecular complexity index is 968. The number of ether oxygens (including phenoxy) is 2. The van der Waals surface area contributed by atoms with Crippen LogP contribution in [0.25, 0.3) is 0 Å². The summed E-state index contributed by atoms with van der Waals surface area (Å²) in [6, 6.07) is 0. The van der Waals surface area contributed by atoms with Crippen molar-refractivity contribution in [1.29, 1.82) is 0 Å². The molecule has 0 bridgehead atoms. The summed E-state index contributed by atoms with van der Waals surface area (Å²) in [6.45, 7) is 4.02. The second-order valence-electron chi connectivity index (χ2n) is 13.0. The zero-order valence-corrected chi connectivity index (χ0v) is 32.1. The summed E-state index contributed by atoms with van der Waals surface area (Å²) < 4.78 is 10.6. The van der Waals surface area contributed by atoms with E-state index < -0.39 is 6.10 Å². The number of aliphatic hydroxyl groups is 1. The predicted molar refractivity (Wildman–Crippen MR) is 214 cm³/mol. The summed E-state index contributed by atoms with van der Waals surface area (Å²) in [6.07, 6.45) is 54.9. The molecular weight excluding hydrogens is 620 g/mol. The van der Waals surface area contributed by atoms with Gasteiger partial charge in [-0.25, -0.2) is 0 Å². The van der Waals surface area contributed by atoms with Gasteiger partial charge in [-0.15, -0.1) is 0 Å². The molecule has 0 radical (unpaired) electrons. The maximum Gasteiger partial charge on any atom is 0.306 e. The number of aliphatic hydroxyl groups excluding tert-OH is 1. The third-order valence-electron chi connectivity index (χ3n) is 8.16. The highest BCUT2D eigenvalue weighted by Gasteiger charge is 2.16. The van der Waals surface area contributed by atoms with Crippen LogP contribution in [0.2, 0.25) is 0 Å². The molecule has 0 rings (SSSR count). The van der Waals surface area contributed by atoms with Gasteiger partial charge in [0, 0.05) is 12.8 Å². The monoisotopic (exact) mass is 695 g/mol. The van der Waals surface area contributed by atoms with E-state index in [1.54, 1.807) is 0 Å². The van der Waals surface area contributed by atoms with Gasteiger partial charge >= 0.3 is 11.9 Å². The third-order valence-corrected chi connectivity index (χ3v) is 8.16. The highest BCUT2D eigenvalue weighted by molar-refractivity contribution is 5.70. The van der Waals surface area contributed by atoms with Crippen LogP contribution in [0.3, 0.4) is 0 Å². The van der Waals surface area contributed by atoms with E-state index in [2.05, 4.69) is 98.9 Å². The first-order valence-corrected chi connectivity index (χ1v) is 20.1. The van der Waals surface area contributed by atoms with Gasteiger partial charge in [0.2, 0.25) is 0 Å². The largest absolute Gasteiger partial charge is 0.462 e. The van der Waals surface area contributed by atoms with Crippen LogP contribution in [0.1, 0.15) is 168 Å². The van der Waals surface area contributed by atoms with E-state index in [1.165, 1.54) is 51.4 Å². The smallest absolute Gasteiger partial charge is 0.306 e. The first-order valence-electron chi connectivity index (χ1n) is 20.1. The molecule has 0 heterocycles. The molecule has 284 valence electrons. The first kappa shape index (κ1) is 47.1. The molecule has 1 unspecified atom stereocenters. The van der Waals surface area contributed by atoms with Crippen molar-refractivity contribution in [3.05, 3.63) is 85.1 Å². The van der Waals surface area contributed by atoms with Crippen molar-refractivity contribution >= 4 is 11.9 Å². The number of carbonyl (C=O) groups is 2. The third kappa shape index (κ3) is 37.9. The van der Waals surface area contributed by atoms with Crippen LogP contribution in [0, 0.1) is 0 Å². The van der Waals surface area contributed by atoms with Gasteiger partial charge in [0.15, 0.2) is 6.10 Å². The van der Waals surface area contributed by atoms with Gasteiger partial charge in [0.25, 0.3) is 0 Å². The maximum atomic E-state index is 12.2. The Morgan fingerprint density at radius 1 is 0.460 bits per heavy atom. The summed E-state index contributed by atoms with van der Waals surface area (Å²) >= 11 is 0. The van der Waals surface area contributed by atoms with Crippen molar-refractivity contribution in [2.75, 3.05) is 13.2 Å². The molecule has 50 heavy (non-hydrogen) atoms. The molecular formula is C45H74O5. The van der Waals surface area contributed by atoms with Crippen molar-refractivity contribution in [2.45, 2.75) is 174 Å². The zero-order valence-electron chi connectivity index (χ0n) is 32.1. The van der Waals surface area contributed by atoms with Gasteiger partial charge in [-0.1, -0.05) is 144 Å². The minimum Gasteiger partial charge on any atom is -0.462 e. The Labute approximate surface area is 307 Å². The zero-order chi connectivity index (χ0) is 36.4. The molecule has 0 amide bonds. The highest BCUT2D eigenvalue weighted by atomic mass is 16.6. The van der Waals surface area contributed by atoms with Crippen molar-refractivity contribution in [2.24, 2.45) is 0 Å². The lowest BCUT2D eigenvalue weighted by Gasteiger charge is -2.15. The molecule has 0 fully saturated rings. The summed E-state index contributed by atoms with van der Waals surface area (Å²) in [5, 5.41) is 9.56. The highest BCUT2D eigenvalue weighted by Crippen LogP contribution is 2.10. The van der Waals surface area contributed by atoms with E-state index in [0.29, 0.717) is 12.8 Å². The number of esters is 2. The molecule has 0 aromatic heterocycles. The Morgan fingerprint density at radius 2 is 0.800 bits per heavy atom. The van der Waals surface area contributed by atoms with Crippen LogP contribution in [-0.2, 0) is 19.1 Å². The normalized spacial score (nSPS) is 13.1. The second-order valence-corrected chi connectivity index (χ2v) is 13.0. The number of unbranched alkanes of at least 4 members (excludes halogenated alkanes) is 13. The maximum absolute atomic E-state index is 12.2. The molecule has 0 aromatic carbocycles. The fraction of sp³-hybridized carbons (Fsp3) is 0.644. The minimum absolute atomic E-state index is 0.0967. The number of hydrogen-bond donors (Lipinski definition) is 1. The molecule has 0 aliphatic carbocycles. The summed E-state index contributed by atoms with van der Waals surface area (Å²) in [5.41, 5.74) is 0. The molecule has 0 saturated carbocycles. The van der Waals surface area contributed by atoms with E-state index in [1.807, 2.05) is 0 Å². The Morgan fingerprint density at radius 3 is 1.20 bits per heavy atom. The van der Waals surface area contributed by atoms with Gasteiger partial charge in [-0.2, -0.15) is 0 Å². The Balaban J connectivity index is 3.70. The Kier molecular flexibility index (Phi) is 38.1. The van der Waals surface area contributed by atoms with E-state index >= 15 is 0 Å². The van der Waals surface area contributed by atoms with Gasteiger partial charge in [-0.05, 0) is 96.3 Å². The van der Waals surface area contributed by atoms with Gasteiger partial charge in [-0.3, -0.25) is 9.59 Å². The molecule has 0 aliphatic heterocycles. The van der Waals surface area contributed by atoms with Crippen LogP contribution < -0.4 is 0 Å². The minimum atomic E-state index is -0.801. The number of allylic oxidation sites excluding steroid dienone is 14. The van der Waals surface area contributed by atoms with Crippen LogP contribution in [0.4, 0.5) is 0 Å². The van der Waals surface area contributed by atoms with Crippen LogP contribution in [0.5, 0.6) is 0 Å². The molecule has 5 heteroatoms. The molecule has 5 nitrogen and oxygen atoms in total. The lowest BCUT2D eigenvalue weighted by atomic mass is 10.1. The molecule has 0 saturated heterocycles. The molecule has 0 aliphatic rings. The van der Waals surface area contributed by atoms with E-state index in [-0.39, 0.29) is 25.2 Å². The van der Waals surface area contributed by atoms with Crippen molar-refractivity contribution in [1.82, 2.24) is 0 Å². The second kappa shape index (κ2) is 40.5. The SMILES string of the molecule is CCCCCC=CCC=CCC=CCC=CCCCCCC(=O)OCC(CO)OC(=O)CCCCCCC=CCC=CCC=CCCCCC. The first-order chi connectivity index (χ1) is 24.6. The van der Waals surface area contributed by atoms with Crippen LogP contribution >= 0.6 is 0 Å². The number of rotatable bonds is 35. The van der Waals surface area contributed by atoms with Gasteiger partial charge in [0.05, 0.1) is 6.61 Å². The molecule has 0 aromatic rings. The van der Waals surface area contributed by atoms with Crippen LogP contribution in [-0.4, -0.2) is 36.4 Å². The summed E-state index contributed by atoms with van der Waals surface area (Å²) in [5.74, 6) is -0.660. The average molecular weight is 695 g/mol. The van der Waals surface area contributed by atoms with E-state index in [0.717, 1.165) is 89.9 Å². The number of carbonyl (C=O) groups excluding carboxylic acids is 2. The van der Waals surface area contributed by atoms with Crippen LogP contribution in [0.15, 0.2) is 85.1 Å². The van der Waals surface area contributed by atoms with Gasteiger partial charge in [0.1, 0.15) is 6.61 Å². The molecule has 1 N–H and O–H groups in total. The lowest BCUT2D eigenvalue weighted by Crippen LogP contribution is -2.28. The molecule has 1 atom stereocenters. The van der Waals surface area contributed by atoms with Gasteiger partial charge < -0.3 is 14.6 Å². The lowest BCUT2D eigenvalue weighted by molar-refractivity contribution is -0.161. The quantitative estimate of drug-likeness (QED) is 0.0406. The summed E-state index contributed by atoms with van der Waals surface area (Å²) in [7, 11) is 0. The number of hydrogen-bond acceptors (Lipinski definition) is 5. The van der Waals surface area contributed by atoms with Crippen molar-refractivity contribution in [3.63, 3.8) is 0 Å². The predicted octanol–water partition coefficient (Wildman–Crippen LogP) is 12.7. The topological polar surface area (TPSA) is 72.8 Å². The average Bonchev–Trinajstić information content (AvgIpc) is 3.12. The van der Waals surface area contributed by atoms with Crippen molar-refractivity contribution < 1.29 is 24.2 Å². The Hall–Kier alpha value is -2.92. The van der Waals surface area contributed by atoms with Crippen molar-refractivity contribution in [3.8, 4) is 0 Å². The molecule has 0 spiro atoms. The van der Waals surface area contributed by atoms with E-state index in [4.69, 9.17) is 9.47 Å². The standard InChI is InChI=1S/C45H74O5/c1-3-5-7-9-11-13-15-17-19-21-22-24-25-27-29-31-33-35-37-39-44(47)49-42-43(41-46)50-45(48)40-38-36-34-32-30-28-26-23-20-18-16-14-12-10-8-6-4-2/h11-14,17-20,22,24,26-29,43,46H,3-10,15-16,21,23,25,30-42H2,1-2H3. The summed E-state index contributed by atoms with van der Waals surface area (Å²) in [4.78, 5) is 24.3. The van der Waals surface area contributed by atoms with E-state index in [9.17, 15) is 14.7 Å². The fourth-order valence-corrected chi connectivity index (χ4v) is 5.07. The fourth-order valence-electron chi connectivity index (χ4n) is 5.07.